The van der Waals surface area contributed by atoms with Crippen LogP contribution in [0.4, 0.5) is 11.6 Å². The molecule has 2 bridgehead atoms. The first-order valence-electron chi connectivity index (χ1n) is 21.4. The number of H-pyrrole nitrogens is 1. The number of carboxylic acids is 1. The van der Waals surface area contributed by atoms with Crippen molar-refractivity contribution in [2.45, 2.75) is 114 Å². The number of aromatic amines is 1. The number of hydrogen-bond acceptors (Lipinski definition) is 10. The zero-order valence-corrected chi connectivity index (χ0v) is 37.1. The number of amides is 1. The standard InChI is InChI=1S/C18H24N4O.C17H21NO3.C11H13N3O3S/c1-21-13-6-5-7-14(21)11-12(10-13)19-18(23)17-15-8-3-4-9-16(15)22(2)20-17;1-3-11-6-5-7-12-13-8-9-21-17(4-2,10-14(19)20)16(13)18-15(11)12;1-7-8(2)13-17-11(7)14-18(15,16)10-5-3-9(12)4-6-10/h3-4,8-9,12-14H,5-7,10-11H2,1-2H3,(H,19,23);5-7,18H,3-4,8-10H2,1-2H3,(H,19,20);3-6,14H,12H2,1-2H3/t12-,13+,14-;;. The lowest BCUT2D eigenvalue weighted by Crippen LogP contribution is -2.55. The predicted molar refractivity (Wildman–Crippen MR) is 240 cm³/mol. The number of aryl methyl sites for hydroxylation is 3. The van der Waals surface area contributed by atoms with Crippen LogP contribution in [0.5, 0.6) is 0 Å². The fourth-order valence-electron chi connectivity index (χ4n) is 9.19. The van der Waals surface area contributed by atoms with E-state index < -0.39 is 21.6 Å². The molecule has 62 heavy (non-hydrogen) atoms. The van der Waals surface area contributed by atoms with Crippen molar-refractivity contribution in [2.75, 3.05) is 24.1 Å². The van der Waals surface area contributed by atoms with Crippen molar-refractivity contribution in [3.8, 4) is 0 Å². The minimum absolute atomic E-state index is 0.00474. The summed E-state index contributed by atoms with van der Waals surface area (Å²) in [7, 11) is 0.444. The summed E-state index contributed by atoms with van der Waals surface area (Å²) in [6.07, 6.45) is 8.40. The van der Waals surface area contributed by atoms with E-state index >= 15 is 0 Å². The number of nitrogen functional groups attached to an aromatic ring is 1. The van der Waals surface area contributed by atoms with E-state index in [0.717, 1.165) is 47.8 Å². The topological polar surface area (TPSA) is 211 Å². The highest BCUT2D eigenvalue weighted by Gasteiger charge is 2.41. The SMILES string of the molecule is CCc1cccc2c3c([nH]c12)C(CC)(CC(=O)O)OCC3.CN1[C@@H]2CCC[C@H]1C[C@@H](NC(=O)c1nn(C)c3ccccc13)C2.Cc1noc(NS(=O)(=O)c2ccc(N)cc2)c1C. The molecule has 0 radical (unpaired) electrons. The number of ether oxygens (including phenoxy) is 1. The smallest absolute Gasteiger partial charge is 0.306 e. The molecule has 6 aromatic rings. The van der Waals surface area contributed by atoms with Gasteiger partial charge in [0.2, 0.25) is 5.88 Å². The van der Waals surface area contributed by atoms with Gasteiger partial charge in [-0.1, -0.05) is 61.8 Å². The quantitative estimate of drug-likeness (QED) is 0.0906. The van der Waals surface area contributed by atoms with Gasteiger partial charge in [-0.3, -0.25) is 14.3 Å². The summed E-state index contributed by atoms with van der Waals surface area (Å²) in [6, 6.07) is 21.6. The maximum absolute atomic E-state index is 12.7. The average Bonchev–Trinajstić information content (AvgIpc) is 3.91. The van der Waals surface area contributed by atoms with Crippen molar-refractivity contribution in [1.82, 2.24) is 30.1 Å². The average molecular weight is 867 g/mol. The lowest BCUT2D eigenvalue weighted by molar-refractivity contribution is -0.148. The number of nitrogens with two attached hydrogens (primary N) is 1. The molecule has 2 fully saturated rings. The summed E-state index contributed by atoms with van der Waals surface area (Å²) in [4.78, 5) is 30.2. The van der Waals surface area contributed by atoms with Gasteiger partial charge >= 0.3 is 5.97 Å². The monoisotopic (exact) mass is 866 g/mol. The van der Waals surface area contributed by atoms with E-state index in [1.807, 2.05) is 38.2 Å². The van der Waals surface area contributed by atoms with E-state index in [2.05, 4.69) is 62.3 Å². The number of benzene rings is 3. The molecule has 9 rings (SSSR count). The summed E-state index contributed by atoms with van der Waals surface area (Å²) < 4.78 is 39.1. The van der Waals surface area contributed by atoms with Crippen molar-refractivity contribution in [3.63, 3.8) is 0 Å². The van der Waals surface area contributed by atoms with Gasteiger partial charge < -0.3 is 35.3 Å². The maximum atomic E-state index is 12.7. The Bertz CT molecular complexity index is 2660. The second kappa shape index (κ2) is 18.3. The number of rotatable bonds is 9. The molecule has 3 aromatic heterocycles. The van der Waals surface area contributed by atoms with Crippen LogP contribution in [0.2, 0.25) is 0 Å². The van der Waals surface area contributed by atoms with Crippen LogP contribution in [0.15, 0.2) is 76.1 Å². The van der Waals surface area contributed by atoms with E-state index in [1.165, 1.54) is 60.0 Å². The van der Waals surface area contributed by atoms with Crippen LogP contribution < -0.4 is 15.8 Å². The zero-order valence-electron chi connectivity index (χ0n) is 36.3. The van der Waals surface area contributed by atoms with Crippen molar-refractivity contribution >= 4 is 55.3 Å². The minimum atomic E-state index is -3.68. The van der Waals surface area contributed by atoms with Gasteiger partial charge in [-0.2, -0.15) is 5.10 Å². The van der Waals surface area contributed by atoms with E-state index in [1.54, 1.807) is 18.5 Å². The molecular weight excluding hydrogens is 809 g/mol. The number of sulfonamides is 1. The van der Waals surface area contributed by atoms with Gasteiger partial charge in [-0.25, -0.2) is 13.1 Å². The summed E-state index contributed by atoms with van der Waals surface area (Å²) in [5.74, 6) is -0.724. The lowest BCUT2D eigenvalue weighted by Gasteiger charge is -2.47. The highest BCUT2D eigenvalue weighted by Crippen LogP contribution is 2.42. The van der Waals surface area contributed by atoms with Crippen LogP contribution in [-0.4, -0.2) is 82.0 Å². The van der Waals surface area contributed by atoms with Crippen LogP contribution in [0.25, 0.3) is 21.8 Å². The second-order valence-corrected chi connectivity index (χ2v) is 18.3. The number of nitrogens with one attached hydrogen (secondary N) is 3. The Morgan fingerprint density at radius 3 is 2.32 bits per heavy atom. The first kappa shape index (κ1) is 44.3. The third-order valence-electron chi connectivity index (χ3n) is 12.8. The number of piperidine rings is 2. The highest BCUT2D eigenvalue weighted by molar-refractivity contribution is 7.92. The summed E-state index contributed by atoms with van der Waals surface area (Å²) in [6.45, 7) is 8.17. The maximum Gasteiger partial charge on any atom is 0.306 e. The predicted octanol–water partition coefficient (Wildman–Crippen LogP) is 7.38. The number of nitrogens with zero attached hydrogens (tertiary/aromatic N) is 4. The zero-order chi connectivity index (χ0) is 44.3. The second-order valence-electron chi connectivity index (χ2n) is 16.6. The molecule has 3 aliphatic rings. The van der Waals surface area contributed by atoms with Crippen molar-refractivity contribution in [1.29, 1.82) is 0 Å². The molecule has 0 aliphatic carbocycles. The van der Waals surface area contributed by atoms with E-state index in [9.17, 15) is 23.1 Å². The molecule has 4 atom stereocenters. The van der Waals surface area contributed by atoms with E-state index in [0.29, 0.717) is 47.8 Å². The first-order valence-corrected chi connectivity index (χ1v) is 22.9. The number of hydrogen-bond donors (Lipinski definition) is 5. The number of aliphatic carboxylic acids is 1. The first-order chi connectivity index (χ1) is 29.6. The van der Waals surface area contributed by atoms with Gasteiger partial charge in [0, 0.05) is 52.7 Å². The Hall–Kier alpha value is -5.71. The van der Waals surface area contributed by atoms with Gasteiger partial charge in [-0.05, 0) is 107 Å². The van der Waals surface area contributed by atoms with Gasteiger partial charge in [-0.15, -0.1) is 0 Å². The molecule has 1 unspecified atom stereocenters. The fraction of sp³-hybridized carbons (Fsp3) is 0.435. The van der Waals surface area contributed by atoms with Gasteiger partial charge in [0.1, 0.15) is 5.60 Å². The molecule has 1 amide bonds. The lowest BCUT2D eigenvalue weighted by atomic mass is 9.82. The van der Waals surface area contributed by atoms with Crippen molar-refractivity contribution < 1.29 is 32.4 Å². The molecule has 6 N–H and O–H groups in total. The van der Waals surface area contributed by atoms with Gasteiger partial charge in [0.25, 0.3) is 15.9 Å². The molecule has 3 aromatic carbocycles. The Balaban J connectivity index is 0.000000141. The fourth-order valence-corrected chi connectivity index (χ4v) is 10.2. The molecule has 0 saturated carbocycles. The molecule has 15 nitrogen and oxygen atoms in total. The number of carboxylic acid groups (broad SMARTS) is 1. The molecule has 3 aliphatic heterocycles. The molecule has 6 heterocycles. The Kier molecular flexibility index (Phi) is 13.1. The summed E-state index contributed by atoms with van der Waals surface area (Å²) in [5.41, 5.74) is 12.7. The number of para-hydroxylation sites is 2. The number of fused-ring (bicyclic) bond motifs is 6. The summed E-state index contributed by atoms with van der Waals surface area (Å²) >= 11 is 0. The number of anilines is 2. The Morgan fingerprint density at radius 2 is 1.68 bits per heavy atom. The Morgan fingerprint density at radius 1 is 0.984 bits per heavy atom. The highest BCUT2D eigenvalue weighted by atomic mass is 32.2. The minimum Gasteiger partial charge on any atom is -0.481 e. The van der Waals surface area contributed by atoms with Crippen LogP contribution in [-0.2, 0) is 45.0 Å². The van der Waals surface area contributed by atoms with Gasteiger partial charge in [0.05, 0.1) is 34.8 Å². The third kappa shape index (κ3) is 9.08. The Labute approximate surface area is 362 Å². The normalized spacial score (nSPS) is 21.0. The van der Waals surface area contributed by atoms with Crippen molar-refractivity contribution in [2.24, 2.45) is 7.05 Å². The summed E-state index contributed by atoms with van der Waals surface area (Å²) in [5, 5.41) is 22.8. The van der Waals surface area contributed by atoms with Crippen LogP contribution >= 0.6 is 0 Å². The molecule has 0 spiro atoms. The van der Waals surface area contributed by atoms with Crippen LogP contribution in [0.1, 0.15) is 97.4 Å². The molecular formula is C46H58N8O7S. The third-order valence-corrected chi connectivity index (χ3v) is 14.2. The van der Waals surface area contributed by atoms with E-state index in [4.69, 9.17) is 15.0 Å². The van der Waals surface area contributed by atoms with Crippen LogP contribution in [0, 0.1) is 13.8 Å². The van der Waals surface area contributed by atoms with E-state index in [-0.39, 0.29) is 29.1 Å². The van der Waals surface area contributed by atoms with Gasteiger partial charge in [0.15, 0.2) is 5.69 Å². The van der Waals surface area contributed by atoms with Crippen molar-refractivity contribution in [3.05, 3.63) is 101 Å². The number of carbonyl (C=O) groups excluding carboxylic acids is 1. The largest absolute Gasteiger partial charge is 0.481 e. The number of aromatic nitrogens is 4. The number of carbonyl (C=O) groups is 2. The van der Waals surface area contributed by atoms with Crippen LogP contribution in [0.3, 0.4) is 0 Å². The molecule has 16 heteroatoms. The molecule has 2 saturated heterocycles. The molecule has 330 valence electrons.